The Balaban J connectivity index is 1.98. The number of esters is 1. The smallest absolute Gasteiger partial charge is 0.345 e. The van der Waals surface area contributed by atoms with Gasteiger partial charge in [0.1, 0.15) is 11.3 Å². The van der Waals surface area contributed by atoms with Crippen LogP contribution in [0.5, 0.6) is 0 Å². The van der Waals surface area contributed by atoms with E-state index >= 15 is 0 Å². The molecule has 6 nitrogen and oxygen atoms in total. The first-order valence-corrected chi connectivity index (χ1v) is 7.84. The lowest BCUT2D eigenvalue weighted by molar-refractivity contribution is -0.140. The largest absolute Gasteiger partial charge is 0.467 e. The normalized spacial score (nSPS) is 19.6. The SMILES string of the molecule is CCOC(=O)C1=C(NCc2ccco2)C2C=CC=C(Cl)C2=NC1=O. The van der Waals surface area contributed by atoms with E-state index in [1.54, 1.807) is 37.5 Å². The average molecular weight is 347 g/mol. The summed E-state index contributed by atoms with van der Waals surface area (Å²) in [6.07, 6.45) is 6.79. The minimum Gasteiger partial charge on any atom is -0.467 e. The number of furan rings is 1. The summed E-state index contributed by atoms with van der Waals surface area (Å²) in [6, 6.07) is 3.55. The van der Waals surface area contributed by atoms with Crippen LogP contribution in [0, 0.1) is 5.92 Å². The molecule has 1 aromatic heterocycles. The van der Waals surface area contributed by atoms with Crippen LogP contribution in [0.25, 0.3) is 0 Å². The summed E-state index contributed by atoms with van der Waals surface area (Å²) in [7, 11) is 0. The van der Waals surface area contributed by atoms with Gasteiger partial charge in [-0.05, 0) is 25.1 Å². The van der Waals surface area contributed by atoms with Crippen LogP contribution >= 0.6 is 11.6 Å². The molecule has 24 heavy (non-hydrogen) atoms. The number of nitrogens with zero attached hydrogens (tertiary/aromatic N) is 1. The van der Waals surface area contributed by atoms with Crippen LogP contribution in [0.4, 0.5) is 0 Å². The van der Waals surface area contributed by atoms with Crippen LogP contribution < -0.4 is 5.32 Å². The van der Waals surface area contributed by atoms with Gasteiger partial charge in [0, 0.05) is 5.70 Å². The topological polar surface area (TPSA) is 80.9 Å². The molecule has 0 saturated heterocycles. The van der Waals surface area contributed by atoms with E-state index in [-0.39, 0.29) is 12.2 Å². The lowest BCUT2D eigenvalue weighted by Gasteiger charge is -2.27. The second-order valence-corrected chi connectivity index (χ2v) is 5.53. The molecule has 0 radical (unpaired) electrons. The van der Waals surface area contributed by atoms with Crippen molar-refractivity contribution in [3.8, 4) is 0 Å². The number of aliphatic imine (C=N–C) groups is 1. The van der Waals surface area contributed by atoms with E-state index in [1.807, 2.05) is 6.08 Å². The first-order valence-electron chi connectivity index (χ1n) is 7.46. The summed E-state index contributed by atoms with van der Waals surface area (Å²) in [5.74, 6) is -1.10. The maximum atomic E-state index is 12.4. The molecule has 7 heteroatoms. The molecule has 1 aliphatic heterocycles. The molecule has 1 aromatic rings. The first kappa shape index (κ1) is 16.3. The molecule has 124 valence electrons. The Morgan fingerprint density at radius 2 is 2.33 bits per heavy atom. The summed E-state index contributed by atoms with van der Waals surface area (Å²) in [5, 5.41) is 3.48. The highest BCUT2D eigenvalue weighted by atomic mass is 35.5. The number of rotatable bonds is 5. The molecule has 0 spiro atoms. The number of dihydropyridines is 1. The van der Waals surface area contributed by atoms with Crippen molar-refractivity contribution in [3.63, 3.8) is 0 Å². The fourth-order valence-electron chi connectivity index (χ4n) is 2.56. The van der Waals surface area contributed by atoms with Crippen molar-refractivity contribution >= 4 is 29.2 Å². The van der Waals surface area contributed by atoms with Crippen LogP contribution in [0.15, 0.2) is 62.3 Å². The van der Waals surface area contributed by atoms with Crippen LogP contribution in [0.3, 0.4) is 0 Å². The second kappa shape index (κ2) is 6.88. The van der Waals surface area contributed by atoms with Gasteiger partial charge < -0.3 is 14.5 Å². The number of carbonyl (C=O) groups excluding carboxylic acids is 2. The summed E-state index contributed by atoms with van der Waals surface area (Å²) in [5.41, 5.74) is 0.731. The molecule has 1 aliphatic carbocycles. The Labute approximate surface area is 143 Å². The van der Waals surface area contributed by atoms with Crippen LogP contribution in [-0.4, -0.2) is 24.2 Å². The number of nitrogens with one attached hydrogen (secondary N) is 1. The lowest BCUT2D eigenvalue weighted by atomic mass is 9.88. The van der Waals surface area contributed by atoms with Gasteiger partial charge in [0.15, 0.2) is 0 Å². The maximum absolute atomic E-state index is 12.4. The highest BCUT2D eigenvalue weighted by molar-refractivity contribution is 6.46. The van der Waals surface area contributed by atoms with Crippen molar-refractivity contribution in [1.82, 2.24) is 5.32 Å². The van der Waals surface area contributed by atoms with Crippen molar-refractivity contribution in [2.75, 3.05) is 6.61 Å². The molecule has 0 bridgehead atoms. The Morgan fingerprint density at radius 1 is 1.50 bits per heavy atom. The zero-order chi connectivity index (χ0) is 17.1. The summed E-state index contributed by atoms with van der Waals surface area (Å²) in [6.45, 7) is 2.16. The van der Waals surface area contributed by atoms with E-state index < -0.39 is 17.8 Å². The van der Waals surface area contributed by atoms with Crippen molar-refractivity contribution in [2.24, 2.45) is 10.9 Å². The predicted molar refractivity (Wildman–Crippen MR) is 88.2 cm³/mol. The van der Waals surface area contributed by atoms with Gasteiger partial charge in [-0.2, -0.15) is 0 Å². The van der Waals surface area contributed by atoms with E-state index in [9.17, 15) is 9.59 Å². The Bertz CT molecular complexity index is 788. The molecule has 2 heterocycles. The molecule has 1 atom stereocenters. The molecule has 0 fully saturated rings. The van der Waals surface area contributed by atoms with E-state index in [0.29, 0.717) is 28.7 Å². The summed E-state index contributed by atoms with van der Waals surface area (Å²) < 4.78 is 10.3. The van der Waals surface area contributed by atoms with Gasteiger partial charge in [-0.25, -0.2) is 9.79 Å². The third-order valence-electron chi connectivity index (χ3n) is 3.61. The Hall–Kier alpha value is -2.60. The summed E-state index contributed by atoms with van der Waals surface area (Å²) >= 11 is 6.15. The van der Waals surface area contributed by atoms with E-state index in [1.165, 1.54) is 0 Å². The zero-order valence-electron chi connectivity index (χ0n) is 12.9. The standard InChI is InChI=1S/C17H15ClN2O4/c1-2-23-17(22)13-15(19-9-10-5-4-8-24-10)11-6-3-7-12(18)14(11)20-16(13)21/h3-8,11,19H,2,9H2,1H3. The van der Waals surface area contributed by atoms with Gasteiger partial charge in [-0.3, -0.25) is 4.79 Å². The Morgan fingerprint density at radius 3 is 3.04 bits per heavy atom. The third-order valence-corrected chi connectivity index (χ3v) is 3.93. The van der Waals surface area contributed by atoms with Gasteiger partial charge in [0.05, 0.1) is 36.1 Å². The predicted octanol–water partition coefficient (Wildman–Crippen LogP) is 2.48. The summed E-state index contributed by atoms with van der Waals surface area (Å²) in [4.78, 5) is 28.6. The molecular weight excluding hydrogens is 332 g/mol. The Kier molecular flexibility index (Phi) is 4.66. The van der Waals surface area contributed by atoms with Crippen molar-refractivity contribution < 1.29 is 18.7 Å². The van der Waals surface area contributed by atoms with Crippen LogP contribution in [-0.2, 0) is 20.9 Å². The molecule has 1 unspecified atom stereocenters. The zero-order valence-corrected chi connectivity index (χ0v) is 13.7. The van der Waals surface area contributed by atoms with Gasteiger partial charge in [0.2, 0.25) is 0 Å². The molecule has 0 saturated carbocycles. The van der Waals surface area contributed by atoms with Gasteiger partial charge in [-0.15, -0.1) is 0 Å². The number of amides is 1. The van der Waals surface area contributed by atoms with Crippen molar-refractivity contribution in [1.29, 1.82) is 0 Å². The number of hydrogen-bond donors (Lipinski definition) is 1. The van der Waals surface area contributed by atoms with Crippen molar-refractivity contribution in [3.05, 3.63) is 58.7 Å². The molecule has 0 aromatic carbocycles. The molecule has 1 N–H and O–H groups in total. The van der Waals surface area contributed by atoms with Gasteiger partial charge in [-0.1, -0.05) is 23.8 Å². The number of fused-ring (bicyclic) bond motifs is 1. The quantitative estimate of drug-likeness (QED) is 0.654. The van der Waals surface area contributed by atoms with E-state index in [0.717, 1.165) is 0 Å². The minimum atomic E-state index is -0.702. The average Bonchev–Trinajstić information content (AvgIpc) is 3.07. The second-order valence-electron chi connectivity index (χ2n) is 5.12. The first-order chi connectivity index (χ1) is 11.6. The minimum absolute atomic E-state index is 0.104. The molecule has 1 amide bonds. The molecular formula is C17H15ClN2O4. The number of halogens is 1. The maximum Gasteiger partial charge on any atom is 0.345 e. The highest BCUT2D eigenvalue weighted by Gasteiger charge is 2.36. The number of hydrogen-bond acceptors (Lipinski definition) is 5. The highest BCUT2D eigenvalue weighted by Crippen LogP contribution is 2.31. The van der Waals surface area contributed by atoms with Crippen LogP contribution in [0.2, 0.25) is 0 Å². The number of ether oxygens (including phenoxy) is 1. The van der Waals surface area contributed by atoms with Crippen molar-refractivity contribution in [2.45, 2.75) is 13.5 Å². The van der Waals surface area contributed by atoms with Gasteiger partial charge >= 0.3 is 5.97 Å². The lowest BCUT2D eigenvalue weighted by Crippen LogP contribution is -2.36. The number of carbonyl (C=O) groups is 2. The van der Waals surface area contributed by atoms with Crippen LogP contribution in [0.1, 0.15) is 12.7 Å². The third kappa shape index (κ3) is 3.05. The number of allylic oxidation sites excluding steroid dienone is 4. The van der Waals surface area contributed by atoms with E-state index in [2.05, 4.69) is 10.3 Å². The van der Waals surface area contributed by atoms with Gasteiger partial charge in [0.25, 0.3) is 5.91 Å². The molecule has 2 aliphatic rings. The fraction of sp³-hybridized carbons (Fsp3) is 0.235. The monoisotopic (exact) mass is 346 g/mol. The van der Waals surface area contributed by atoms with E-state index in [4.69, 9.17) is 20.8 Å². The fourth-order valence-corrected chi connectivity index (χ4v) is 2.80. The molecule has 3 rings (SSSR count).